The molecule has 1 aromatic carbocycles. The van der Waals surface area contributed by atoms with Crippen molar-refractivity contribution in [1.29, 1.82) is 0 Å². The van der Waals surface area contributed by atoms with Crippen LogP contribution in [0.3, 0.4) is 0 Å². The van der Waals surface area contributed by atoms with Gasteiger partial charge in [-0.2, -0.15) is 0 Å². The lowest BCUT2D eigenvalue weighted by molar-refractivity contribution is 0.0697. The van der Waals surface area contributed by atoms with Crippen LogP contribution < -0.4 is 11.1 Å². The molecule has 0 aliphatic carbocycles. The van der Waals surface area contributed by atoms with Crippen LogP contribution >= 0.6 is 11.6 Å². The third-order valence-electron chi connectivity index (χ3n) is 2.51. The highest BCUT2D eigenvalue weighted by molar-refractivity contribution is 6.31. The molecule has 0 aromatic heterocycles. The molecule has 1 aromatic rings. The number of nitrogen functional groups attached to an aromatic ring is 1. The van der Waals surface area contributed by atoms with Crippen LogP contribution in [-0.4, -0.2) is 17.3 Å². The minimum absolute atomic E-state index is 0.00898. The quantitative estimate of drug-likeness (QED) is 0.716. The number of hydrogen-bond donors (Lipinski definition) is 3. The molecule has 4 N–H and O–H groups in total. The highest BCUT2D eigenvalue weighted by Gasteiger charge is 2.17. The number of nitrogens with one attached hydrogen (secondary N) is 1. The Morgan fingerprint density at radius 2 is 2.19 bits per heavy atom. The van der Waals surface area contributed by atoms with Gasteiger partial charge in [0.15, 0.2) is 0 Å². The van der Waals surface area contributed by atoms with E-state index in [1.807, 2.05) is 6.92 Å². The summed E-state index contributed by atoms with van der Waals surface area (Å²) in [6, 6.07) is 2.57. The van der Waals surface area contributed by atoms with Crippen LogP contribution in [-0.2, 0) is 0 Å². The molecule has 0 amide bonds. The molecular formula is C11H16ClFN2O. The van der Waals surface area contributed by atoms with E-state index >= 15 is 0 Å². The van der Waals surface area contributed by atoms with E-state index in [9.17, 15) is 9.50 Å². The molecular weight excluding hydrogens is 231 g/mol. The summed E-state index contributed by atoms with van der Waals surface area (Å²) in [4.78, 5) is 0. The maximum absolute atomic E-state index is 13.2. The van der Waals surface area contributed by atoms with Gasteiger partial charge in [0.2, 0.25) is 0 Å². The SMILES string of the molecule is CCC(C)(O)CNc1cc(F)c(Cl)cc1N. The summed E-state index contributed by atoms with van der Waals surface area (Å²) < 4.78 is 13.2. The van der Waals surface area contributed by atoms with Gasteiger partial charge in [-0.15, -0.1) is 0 Å². The molecule has 0 radical (unpaired) electrons. The number of halogens is 2. The summed E-state index contributed by atoms with van der Waals surface area (Å²) in [6.07, 6.45) is 0.593. The van der Waals surface area contributed by atoms with E-state index in [-0.39, 0.29) is 5.02 Å². The largest absolute Gasteiger partial charge is 0.397 e. The summed E-state index contributed by atoms with van der Waals surface area (Å²) in [5, 5.41) is 12.7. The van der Waals surface area contributed by atoms with Crippen LogP contribution in [0.5, 0.6) is 0 Å². The van der Waals surface area contributed by atoms with Crippen LogP contribution in [0.2, 0.25) is 5.02 Å². The summed E-state index contributed by atoms with van der Waals surface area (Å²) in [5.41, 5.74) is 5.62. The molecule has 5 heteroatoms. The summed E-state index contributed by atoms with van der Waals surface area (Å²) in [5.74, 6) is -0.533. The van der Waals surface area contributed by atoms with E-state index in [0.717, 1.165) is 0 Å². The molecule has 0 aliphatic heterocycles. The topological polar surface area (TPSA) is 58.3 Å². The first-order valence-corrected chi connectivity index (χ1v) is 5.44. The van der Waals surface area contributed by atoms with E-state index in [0.29, 0.717) is 24.3 Å². The highest BCUT2D eigenvalue weighted by Crippen LogP contribution is 2.26. The molecule has 0 bridgehead atoms. The molecule has 0 spiro atoms. The number of benzene rings is 1. The van der Waals surface area contributed by atoms with Crippen molar-refractivity contribution >= 4 is 23.0 Å². The van der Waals surface area contributed by atoms with E-state index in [1.54, 1.807) is 6.92 Å². The Bertz CT molecular complexity index is 382. The first-order chi connectivity index (χ1) is 7.35. The molecule has 0 aliphatic rings. The third-order valence-corrected chi connectivity index (χ3v) is 2.80. The fourth-order valence-corrected chi connectivity index (χ4v) is 1.30. The van der Waals surface area contributed by atoms with Crippen molar-refractivity contribution < 1.29 is 9.50 Å². The second-order valence-electron chi connectivity index (χ2n) is 4.06. The van der Waals surface area contributed by atoms with Crippen molar-refractivity contribution in [2.75, 3.05) is 17.6 Å². The van der Waals surface area contributed by atoms with E-state index in [1.165, 1.54) is 12.1 Å². The van der Waals surface area contributed by atoms with Gasteiger partial charge in [0.25, 0.3) is 0 Å². The van der Waals surface area contributed by atoms with Crippen molar-refractivity contribution in [3.05, 3.63) is 23.0 Å². The molecule has 1 rings (SSSR count). The van der Waals surface area contributed by atoms with Crippen molar-refractivity contribution in [2.24, 2.45) is 0 Å². The number of anilines is 2. The van der Waals surface area contributed by atoms with Crippen LogP contribution in [0.25, 0.3) is 0 Å². The van der Waals surface area contributed by atoms with Gasteiger partial charge in [-0.05, 0) is 19.4 Å². The van der Waals surface area contributed by atoms with Crippen molar-refractivity contribution in [3.63, 3.8) is 0 Å². The van der Waals surface area contributed by atoms with Crippen LogP contribution in [0.1, 0.15) is 20.3 Å². The van der Waals surface area contributed by atoms with Crippen LogP contribution in [0, 0.1) is 5.82 Å². The monoisotopic (exact) mass is 246 g/mol. The molecule has 0 saturated carbocycles. The highest BCUT2D eigenvalue weighted by atomic mass is 35.5. The molecule has 1 unspecified atom stereocenters. The lowest BCUT2D eigenvalue weighted by atomic mass is 10.0. The molecule has 0 saturated heterocycles. The third kappa shape index (κ3) is 3.25. The zero-order chi connectivity index (χ0) is 12.3. The zero-order valence-electron chi connectivity index (χ0n) is 9.35. The molecule has 0 fully saturated rings. The average Bonchev–Trinajstić information content (AvgIpc) is 2.22. The summed E-state index contributed by atoms with van der Waals surface area (Å²) >= 11 is 5.57. The fraction of sp³-hybridized carbons (Fsp3) is 0.455. The Kier molecular flexibility index (Phi) is 3.99. The maximum atomic E-state index is 13.2. The van der Waals surface area contributed by atoms with Gasteiger partial charge in [0.1, 0.15) is 5.82 Å². The number of hydrogen-bond acceptors (Lipinski definition) is 3. The fourth-order valence-electron chi connectivity index (χ4n) is 1.13. The predicted molar refractivity (Wildman–Crippen MR) is 65.2 cm³/mol. The second kappa shape index (κ2) is 4.89. The summed E-state index contributed by atoms with van der Waals surface area (Å²) in [6.45, 7) is 3.87. The number of rotatable bonds is 4. The van der Waals surface area contributed by atoms with E-state index < -0.39 is 11.4 Å². The van der Waals surface area contributed by atoms with Gasteiger partial charge in [0, 0.05) is 12.6 Å². The first kappa shape index (κ1) is 13.1. The molecule has 90 valence electrons. The van der Waals surface area contributed by atoms with Gasteiger partial charge in [-0.25, -0.2) is 4.39 Å². The van der Waals surface area contributed by atoms with Gasteiger partial charge in [-0.1, -0.05) is 18.5 Å². The molecule has 1 atom stereocenters. The predicted octanol–water partition coefficient (Wildman–Crippen LogP) is 2.63. The average molecular weight is 247 g/mol. The van der Waals surface area contributed by atoms with E-state index in [4.69, 9.17) is 17.3 Å². The Hall–Kier alpha value is -1.00. The Morgan fingerprint density at radius 1 is 1.56 bits per heavy atom. The van der Waals surface area contributed by atoms with Crippen molar-refractivity contribution in [2.45, 2.75) is 25.9 Å². The normalized spacial score (nSPS) is 14.6. The van der Waals surface area contributed by atoms with Gasteiger partial charge in [0.05, 0.1) is 22.0 Å². The Labute approximate surface area is 99.4 Å². The minimum atomic E-state index is -0.845. The van der Waals surface area contributed by atoms with Crippen LogP contribution in [0.15, 0.2) is 12.1 Å². The lowest BCUT2D eigenvalue weighted by Gasteiger charge is -2.22. The smallest absolute Gasteiger partial charge is 0.143 e. The molecule has 0 heterocycles. The molecule has 3 nitrogen and oxygen atoms in total. The van der Waals surface area contributed by atoms with Gasteiger partial charge >= 0.3 is 0 Å². The second-order valence-corrected chi connectivity index (χ2v) is 4.46. The summed E-state index contributed by atoms with van der Waals surface area (Å²) in [7, 11) is 0. The lowest BCUT2D eigenvalue weighted by Crippen LogP contribution is -2.32. The first-order valence-electron chi connectivity index (χ1n) is 5.06. The van der Waals surface area contributed by atoms with Crippen LogP contribution in [0.4, 0.5) is 15.8 Å². The standard InChI is InChI=1S/C11H16ClFN2O/c1-3-11(2,16)6-15-10-5-8(13)7(12)4-9(10)14/h4-5,15-16H,3,6,14H2,1-2H3. The minimum Gasteiger partial charge on any atom is -0.397 e. The van der Waals surface area contributed by atoms with E-state index in [2.05, 4.69) is 5.32 Å². The zero-order valence-corrected chi connectivity index (χ0v) is 10.1. The van der Waals surface area contributed by atoms with Gasteiger partial charge < -0.3 is 16.2 Å². The van der Waals surface area contributed by atoms with Gasteiger partial charge in [-0.3, -0.25) is 0 Å². The van der Waals surface area contributed by atoms with Crippen molar-refractivity contribution in [3.8, 4) is 0 Å². The Morgan fingerprint density at radius 3 is 2.75 bits per heavy atom. The maximum Gasteiger partial charge on any atom is 0.143 e. The Balaban J connectivity index is 2.79. The number of aliphatic hydroxyl groups is 1. The molecule has 16 heavy (non-hydrogen) atoms. The number of nitrogens with two attached hydrogens (primary N) is 1. The van der Waals surface area contributed by atoms with Crippen molar-refractivity contribution in [1.82, 2.24) is 0 Å².